The number of rotatable bonds is 3. The lowest BCUT2D eigenvalue weighted by atomic mass is 10.1. The molecule has 0 fully saturated rings. The van der Waals surface area contributed by atoms with Crippen molar-refractivity contribution in [1.29, 1.82) is 0 Å². The molecular formula is C19H16N2O. The molecule has 0 aliphatic heterocycles. The fourth-order valence-electron chi connectivity index (χ4n) is 2.32. The first-order chi connectivity index (χ1) is 10.6. The molecule has 0 atom stereocenters. The van der Waals surface area contributed by atoms with Crippen molar-refractivity contribution >= 4 is 28.2 Å². The molecule has 108 valence electrons. The highest BCUT2D eigenvalue weighted by molar-refractivity contribution is 6.03. The molecule has 0 saturated heterocycles. The normalized spacial score (nSPS) is 11.6. The molecule has 0 spiro atoms. The van der Waals surface area contributed by atoms with Crippen LogP contribution in [0.15, 0.2) is 65.7 Å². The molecule has 3 aromatic rings. The first-order valence-electron chi connectivity index (χ1n) is 7.16. The summed E-state index contributed by atoms with van der Waals surface area (Å²) in [5, 5.41) is 1.10. The number of fused-ring (bicyclic) bond motifs is 1. The number of pyridine rings is 1. The number of carbonyl (C=O) groups is 1. The molecule has 0 N–H and O–H groups in total. The molecule has 0 aliphatic rings. The van der Waals surface area contributed by atoms with Gasteiger partial charge in [0.25, 0.3) is 0 Å². The molecule has 22 heavy (non-hydrogen) atoms. The van der Waals surface area contributed by atoms with Gasteiger partial charge in [0.2, 0.25) is 0 Å². The van der Waals surface area contributed by atoms with E-state index in [1.807, 2.05) is 67.6 Å². The van der Waals surface area contributed by atoms with Crippen molar-refractivity contribution in [1.82, 2.24) is 4.98 Å². The van der Waals surface area contributed by atoms with Gasteiger partial charge >= 0.3 is 0 Å². The Bertz CT molecular complexity index is 881. The molecule has 0 aliphatic carbocycles. The predicted octanol–water partition coefficient (Wildman–Crippen LogP) is 4.58. The maximum absolute atomic E-state index is 11.5. The van der Waals surface area contributed by atoms with Crippen molar-refractivity contribution < 1.29 is 4.79 Å². The van der Waals surface area contributed by atoms with Crippen molar-refractivity contribution in [3.05, 3.63) is 71.8 Å². The van der Waals surface area contributed by atoms with Crippen molar-refractivity contribution in [3.8, 4) is 0 Å². The smallest absolute Gasteiger partial charge is 0.159 e. The molecule has 0 bridgehead atoms. The van der Waals surface area contributed by atoms with Gasteiger partial charge in [0.1, 0.15) is 0 Å². The summed E-state index contributed by atoms with van der Waals surface area (Å²) in [6.45, 7) is 3.49. The number of hydrogen-bond donors (Lipinski definition) is 0. The van der Waals surface area contributed by atoms with E-state index in [9.17, 15) is 4.79 Å². The van der Waals surface area contributed by atoms with Crippen molar-refractivity contribution in [2.24, 2.45) is 4.99 Å². The molecule has 0 unspecified atom stereocenters. The molecule has 0 radical (unpaired) electrons. The summed E-state index contributed by atoms with van der Waals surface area (Å²) in [6.07, 6.45) is 0. The van der Waals surface area contributed by atoms with E-state index >= 15 is 0 Å². The Morgan fingerprint density at radius 3 is 2.50 bits per heavy atom. The Morgan fingerprint density at radius 1 is 0.909 bits per heavy atom. The van der Waals surface area contributed by atoms with Gasteiger partial charge in [-0.15, -0.1) is 0 Å². The summed E-state index contributed by atoms with van der Waals surface area (Å²) < 4.78 is 0. The first kappa shape index (κ1) is 14.1. The van der Waals surface area contributed by atoms with Crippen molar-refractivity contribution in [2.45, 2.75) is 13.8 Å². The van der Waals surface area contributed by atoms with Crippen LogP contribution in [0.3, 0.4) is 0 Å². The van der Waals surface area contributed by atoms with E-state index in [0.717, 1.165) is 22.2 Å². The summed E-state index contributed by atoms with van der Waals surface area (Å²) in [5.74, 6) is 0.725. The number of hydrogen-bond acceptors (Lipinski definition) is 3. The van der Waals surface area contributed by atoms with E-state index in [1.165, 1.54) is 0 Å². The fraction of sp³-hybridized carbons (Fsp3) is 0.105. The predicted molar refractivity (Wildman–Crippen MR) is 90.1 cm³/mol. The third kappa shape index (κ3) is 2.93. The van der Waals surface area contributed by atoms with Gasteiger partial charge in [-0.25, -0.2) is 9.98 Å². The lowest BCUT2D eigenvalue weighted by Crippen LogP contribution is -1.98. The van der Waals surface area contributed by atoms with Gasteiger partial charge in [0.15, 0.2) is 11.6 Å². The van der Waals surface area contributed by atoms with Crippen LogP contribution < -0.4 is 0 Å². The van der Waals surface area contributed by atoms with E-state index in [-0.39, 0.29) is 5.78 Å². The molecule has 1 heterocycles. The van der Waals surface area contributed by atoms with Crippen LogP contribution in [0.2, 0.25) is 0 Å². The lowest BCUT2D eigenvalue weighted by Gasteiger charge is -2.04. The maximum atomic E-state index is 11.5. The summed E-state index contributed by atoms with van der Waals surface area (Å²) in [6, 6.07) is 19.4. The van der Waals surface area contributed by atoms with Crippen LogP contribution in [0.25, 0.3) is 10.9 Å². The quantitative estimate of drug-likeness (QED) is 0.523. The molecule has 3 nitrogen and oxygen atoms in total. The first-order valence-corrected chi connectivity index (χ1v) is 7.16. The number of nitrogens with zero attached hydrogens (tertiary/aromatic N) is 2. The number of ketones is 1. The molecule has 0 saturated carbocycles. The largest absolute Gasteiger partial charge is 0.295 e. The summed E-state index contributed by atoms with van der Waals surface area (Å²) in [5.41, 5.74) is 3.39. The number of aliphatic imine (C=N–C) groups is 1. The average Bonchev–Trinajstić information content (AvgIpc) is 2.55. The topological polar surface area (TPSA) is 42.3 Å². The second kappa shape index (κ2) is 5.90. The van der Waals surface area contributed by atoms with Gasteiger partial charge in [-0.1, -0.05) is 36.4 Å². The van der Waals surface area contributed by atoms with Crippen LogP contribution in [0, 0.1) is 0 Å². The van der Waals surface area contributed by atoms with Crippen LogP contribution in [-0.4, -0.2) is 16.5 Å². The van der Waals surface area contributed by atoms with E-state index in [1.54, 1.807) is 6.92 Å². The lowest BCUT2D eigenvalue weighted by molar-refractivity contribution is 0.101. The Kier molecular flexibility index (Phi) is 3.79. The number of para-hydroxylation sites is 1. The zero-order valence-corrected chi connectivity index (χ0v) is 12.6. The van der Waals surface area contributed by atoms with Crippen molar-refractivity contribution in [3.63, 3.8) is 0 Å². The maximum Gasteiger partial charge on any atom is 0.159 e. The molecule has 3 heteroatoms. The second-order valence-corrected chi connectivity index (χ2v) is 5.20. The minimum absolute atomic E-state index is 0.0541. The summed E-state index contributed by atoms with van der Waals surface area (Å²) in [7, 11) is 0. The molecule has 1 aromatic heterocycles. The molecule has 2 aromatic carbocycles. The van der Waals surface area contributed by atoms with Gasteiger partial charge in [0, 0.05) is 16.7 Å². The highest BCUT2D eigenvalue weighted by atomic mass is 16.1. The van der Waals surface area contributed by atoms with Crippen LogP contribution >= 0.6 is 0 Å². The fourth-order valence-corrected chi connectivity index (χ4v) is 2.32. The zero-order chi connectivity index (χ0) is 15.5. The van der Waals surface area contributed by atoms with Gasteiger partial charge in [-0.05, 0) is 43.7 Å². The molecule has 3 rings (SSSR count). The zero-order valence-electron chi connectivity index (χ0n) is 12.6. The number of aromatic nitrogens is 1. The number of carbonyl (C=O) groups excluding carboxylic acids is 1. The van der Waals surface area contributed by atoms with Gasteiger partial charge in [0.05, 0.1) is 5.52 Å². The number of Topliss-reactive ketones (excluding diaryl/α,β-unsaturated/α-hetero) is 1. The Balaban J connectivity index is 1.98. The van der Waals surface area contributed by atoms with Gasteiger partial charge < -0.3 is 0 Å². The van der Waals surface area contributed by atoms with Gasteiger partial charge in [-0.3, -0.25) is 4.79 Å². The highest BCUT2D eigenvalue weighted by Crippen LogP contribution is 2.18. The SMILES string of the molecule is CC(=O)c1cccc(/C(C)=N\c2ccc3ccccc3n2)c1. The third-order valence-corrected chi connectivity index (χ3v) is 3.55. The van der Waals surface area contributed by atoms with Crippen LogP contribution in [-0.2, 0) is 0 Å². The Morgan fingerprint density at radius 2 is 1.68 bits per heavy atom. The highest BCUT2D eigenvalue weighted by Gasteiger charge is 2.04. The minimum atomic E-state index is 0.0541. The third-order valence-electron chi connectivity index (χ3n) is 3.55. The van der Waals surface area contributed by atoms with Crippen LogP contribution in [0.1, 0.15) is 29.8 Å². The minimum Gasteiger partial charge on any atom is -0.295 e. The van der Waals surface area contributed by atoms with Crippen LogP contribution in [0.4, 0.5) is 5.82 Å². The van der Waals surface area contributed by atoms with E-state index in [2.05, 4.69) is 9.98 Å². The molecular weight excluding hydrogens is 272 g/mol. The summed E-state index contributed by atoms with van der Waals surface area (Å²) >= 11 is 0. The monoisotopic (exact) mass is 288 g/mol. The average molecular weight is 288 g/mol. The summed E-state index contributed by atoms with van der Waals surface area (Å²) in [4.78, 5) is 20.6. The standard InChI is InChI=1S/C19H16N2O/c1-13(16-7-5-8-17(12-16)14(2)22)20-19-11-10-15-6-3-4-9-18(15)21-19/h3-12H,1-2H3/b20-13-. The van der Waals surface area contributed by atoms with E-state index in [0.29, 0.717) is 11.4 Å². The van der Waals surface area contributed by atoms with Crippen LogP contribution in [0.5, 0.6) is 0 Å². The van der Waals surface area contributed by atoms with Gasteiger partial charge in [-0.2, -0.15) is 0 Å². The Hall–Kier alpha value is -2.81. The number of benzene rings is 2. The van der Waals surface area contributed by atoms with Crippen molar-refractivity contribution in [2.75, 3.05) is 0 Å². The van der Waals surface area contributed by atoms with E-state index < -0.39 is 0 Å². The van der Waals surface area contributed by atoms with E-state index in [4.69, 9.17) is 0 Å². The molecule has 0 amide bonds. The second-order valence-electron chi connectivity index (χ2n) is 5.20. The Labute approximate surface area is 129 Å².